The van der Waals surface area contributed by atoms with E-state index in [1.807, 2.05) is 6.92 Å². The Morgan fingerprint density at radius 2 is 2.05 bits per heavy atom. The Labute approximate surface area is 122 Å². The molecule has 1 heterocycles. The van der Waals surface area contributed by atoms with Gasteiger partial charge in [-0.25, -0.2) is 9.37 Å². The average Bonchev–Trinajstić information content (AvgIpc) is 2.48. The first kappa shape index (κ1) is 14.8. The van der Waals surface area contributed by atoms with Crippen LogP contribution in [0.2, 0.25) is 0 Å². The summed E-state index contributed by atoms with van der Waals surface area (Å²) < 4.78 is 13.7. The third-order valence-corrected chi connectivity index (χ3v) is 3.12. The summed E-state index contributed by atoms with van der Waals surface area (Å²) in [5.74, 6) is 0.230. The summed E-state index contributed by atoms with van der Waals surface area (Å²) in [7, 11) is 1.78. The number of pyridine rings is 1. The maximum absolute atomic E-state index is 13.7. The van der Waals surface area contributed by atoms with Crippen molar-refractivity contribution in [2.75, 3.05) is 11.9 Å². The quantitative estimate of drug-likeness (QED) is 0.392. The highest BCUT2D eigenvalue weighted by Gasteiger charge is 2.14. The van der Waals surface area contributed by atoms with Gasteiger partial charge >= 0.3 is 0 Å². The molecule has 3 N–H and O–H groups in total. The van der Waals surface area contributed by atoms with Gasteiger partial charge in [-0.1, -0.05) is 23.4 Å². The van der Waals surface area contributed by atoms with Gasteiger partial charge in [0.05, 0.1) is 5.56 Å². The largest absolute Gasteiger partial charge is 0.409 e. The topological polar surface area (TPSA) is 74.7 Å². The summed E-state index contributed by atoms with van der Waals surface area (Å²) in [5, 5.41) is 11.9. The minimum atomic E-state index is -0.276. The highest BCUT2D eigenvalue weighted by molar-refractivity contribution is 6.01. The molecule has 1 aromatic carbocycles. The van der Waals surface area contributed by atoms with E-state index in [9.17, 15) is 4.39 Å². The molecule has 0 aliphatic carbocycles. The second-order valence-electron chi connectivity index (χ2n) is 4.76. The molecule has 0 saturated carbocycles. The maximum atomic E-state index is 13.7. The predicted molar refractivity (Wildman–Crippen MR) is 80.0 cm³/mol. The van der Waals surface area contributed by atoms with Crippen LogP contribution in [0.3, 0.4) is 0 Å². The number of oxime groups is 1. The van der Waals surface area contributed by atoms with Crippen LogP contribution in [0.5, 0.6) is 0 Å². The number of benzene rings is 1. The minimum Gasteiger partial charge on any atom is -0.409 e. The Morgan fingerprint density at radius 3 is 2.71 bits per heavy atom. The highest BCUT2D eigenvalue weighted by atomic mass is 19.1. The SMILES string of the molecule is Cc1ccc(C(N)=NO)c(N(C)Cc2ccccc2F)n1. The molecule has 1 aromatic heterocycles. The van der Waals surface area contributed by atoms with E-state index in [-0.39, 0.29) is 11.7 Å². The molecular formula is C15H17FN4O. The molecule has 0 amide bonds. The number of anilines is 1. The van der Waals surface area contributed by atoms with Gasteiger partial charge in [-0.2, -0.15) is 0 Å². The zero-order chi connectivity index (χ0) is 15.4. The standard InChI is InChI=1S/C15H17FN4O/c1-10-7-8-12(14(17)19-21)15(18-10)20(2)9-11-5-3-4-6-13(11)16/h3-8,21H,9H2,1-2H3,(H2,17,19). The molecule has 0 aliphatic heterocycles. The molecule has 2 rings (SSSR count). The van der Waals surface area contributed by atoms with Gasteiger partial charge in [-0.15, -0.1) is 0 Å². The molecule has 0 spiro atoms. The lowest BCUT2D eigenvalue weighted by atomic mass is 10.1. The Bertz CT molecular complexity index is 672. The third-order valence-electron chi connectivity index (χ3n) is 3.12. The summed E-state index contributed by atoms with van der Waals surface area (Å²) in [5.41, 5.74) is 7.51. The van der Waals surface area contributed by atoms with Gasteiger partial charge in [-0.3, -0.25) is 0 Å². The van der Waals surface area contributed by atoms with Gasteiger partial charge in [0.1, 0.15) is 11.6 Å². The van der Waals surface area contributed by atoms with E-state index >= 15 is 0 Å². The van der Waals surface area contributed by atoms with Crippen LogP contribution >= 0.6 is 0 Å². The molecule has 0 radical (unpaired) electrons. The fraction of sp³-hybridized carbons (Fsp3) is 0.200. The predicted octanol–water partition coefficient (Wildman–Crippen LogP) is 2.26. The summed E-state index contributed by atoms with van der Waals surface area (Å²) >= 11 is 0. The van der Waals surface area contributed by atoms with Crippen molar-refractivity contribution in [2.24, 2.45) is 10.9 Å². The molecule has 110 valence electrons. The minimum absolute atomic E-state index is 0.0297. The molecule has 0 bridgehead atoms. The number of hydrogen-bond donors (Lipinski definition) is 2. The van der Waals surface area contributed by atoms with Crippen LogP contribution in [0.15, 0.2) is 41.6 Å². The van der Waals surface area contributed by atoms with Crippen molar-refractivity contribution in [3.8, 4) is 0 Å². The smallest absolute Gasteiger partial charge is 0.173 e. The second-order valence-corrected chi connectivity index (χ2v) is 4.76. The van der Waals surface area contributed by atoms with E-state index in [4.69, 9.17) is 10.9 Å². The van der Waals surface area contributed by atoms with Crippen LogP contribution in [0.25, 0.3) is 0 Å². The number of aromatic nitrogens is 1. The van der Waals surface area contributed by atoms with E-state index < -0.39 is 0 Å². The van der Waals surface area contributed by atoms with Crippen LogP contribution in [-0.2, 0) is 6.54 Å². The maximum Gasteiger partial charge on any atom is 0.173 e. The first-order valence-electron chi connectivity index (χ1n) is 6.43. The third kappa shape index (κ3) is 3.28. The number of halogens is 1. The molecule has 0 aliphatic rings. The van der Waals surface area contributed by atoms with Crippen LogP contribution in [0.1, 0.15) is 16.8 Å². The van der Waals surface area contributed by atoms with Gasteiger partial charge in [0.2, 0.25) is 0 Å². The van der Waals surface area contributed by atoms with E-state index in [2.05, 4.69) is 10.1 Å². The van der Waals surface area contributed by atoms with Crippen LogP contribution in [0.4, 0.5) is 10.2 Å². The number of aryl methyl sites for hydroxylation is 1. The Kier molecular flexibility index (Phi) is 4.37. The molecule has 0 unspecified atom stereocenters. The molecule has 21 heavy (non-hydrogen) atoms. The van der Waals surface area contributed by atoms with Gasteiger partial charge in [-0.05, 0) is 25.1 Å². The first-order valence-corrected chi connectivity index (χ1v) is 6.43. The summed E-state index contributed by atoms with van der Waals surface area (Å²) in [6, 6.07) is 10.0. The highest BCUT2D eigenvalue weighted by Crippen LogP contribution is 2.20. The van der Waals surface area contributed by atoms with Crippen molar-refractivity contribution in [1.82, 2.24) is 4.98 Å². The summed E-state index contributed by atoms with van der Waals surface area (Å²) in [6.07, 6.45) is 0. The number of rotatable bonds is 4. The van der Waals surface area contributed by atoms with Gasteiger partial charge in [0, 0.05) is 24.8 Å². The molecular weight excluding hydrogens is 271 g/mol. The summed E-state index contributed by atoms with van der Waals surface area (Å²) in [4.78, 5) is 6.16. The van der Waals surface area contributed by atoms with Crippen molar-refractivity contribution < 1.29 is 9.60 Å². The molecule has 0 atom stereocenters. The van der Waals surface area contributed by atoms with Gasteiger partial charge < -0.3 is 15.8 Å². The van der Waals surface area contributed by atoms with Gasteiger partial charge in [0.25, 0.3) is 0 Å². The monoisotopic (exact) mass is 288 g/mol. The second kappa shape index (κ2) is 6.21. The van der Waals surface area contributed by atoms with Crippen molar-refractivity contribution in [3.05, 3.63) is 59.0 Å². The normalized spacial score (nSPS) is 11.5. The molecule has 0 fully saturated rings. The van der Waals surface area contributed by atoms with Crippen LogP contribution in [0, 0.1) is 12.7 Å². The van der Waals surface area contributed by atoms with E-state index in [1.54, 1.807) is 42.3 Å². The van der Waals surface area contributed by atoms with Crippen LogP contribution < -0.4 is 10.6 Å². The summed E-state index contributed by atoms with van der Waals surface area (Å²) in [6.45, 7) is 2.17. The molecule has 6 heteroatoms. The van der Waals surface area contributed by atoms with E-state index in [0.717, 1.165) is 5.69 Å². The Balaban J connectivity index is 2.37. The molecule has 0 saturated heterocycles. The lowest BCUT2D eigenvalue weighted by Gasteiger charge is -2.21. The van der Waals surface area contributed by atoms with E-state index in [0.29, 0.717) is 23.5 Å². The van der Waals surface area contributed by atoms with Crippen molar-refractivity contribution in [2.45, 2.75) is 13.5 Å². The lowest BCUT2D eigenvalue weighted by molar-refractivity contribution is 0.318. The fourth-order valence-electron chi connectivity index (χ4n) is 2.04. The first-order chi connectivity index (χ1) is 10.0. The Morgan fingerprint density at radius 1 is 1.33 bits per heavy atom. The zero-order valence-corrected chi connectivity index (χ0v) is 11.9. The number of nitrogens with two attached hydrogens (primary N) is 1. The van der Waals surface area contributed by atoms with Crippen molar-refractivity contribution in [1.29, 1.82) is 0 Å². The fourth-order valence-corrected chi connectivity index (χ4v) is 2.04. The number of hydrogen-bond acceptors (Lipinski definition) is 4. The zero-order valence-electron chi connectivity index (χ0n) is 11.9. The number of nitrogens with zero attached hydrogens (tertiary/aromatic N) is 3. The van der Waals surface area contributed by atoms with Crippen molar-refractivity contribution in [3.63, 3.8) is 0 Å². The molecule has 5 nitrogen and oxygen atoms in total. The van der Waals surface area contributed by atoms with Gasteiger partial charge in [0.15, 0.2) is 5.84 Å². The Hall–Kier alpha value is -2.63. The van der Waals surface area contributed by atoms with Crippen LogP contribution in [-0.4, -0.2) is 23.1 Å². The van der Waals surface area contributed by atoms with Crippen molar-refractivity contribution >= 4 is 11.7 Å². The number of amidine groups is 1. The average molecular weight is 288 g/mol. The lowest BCUT2D eigenvalue weighted by Crippen LogP contribution is -2.24. The van der Waals surface area contributed by atoms with E-state index in [1.165, 1.54) is 6.07 Å². The molecule has 2 aromatic rings.